The molecule has 0 aromatic heterocycles. The maximum absolute atomic E-state index is 11.4. The molecular weight excluding hydrogens is 332 g/mol. The minimum absolute atomic E-state index is 0.336. The van der Waals surface area contributed by atoms with Gasteiger partial charge in [0.1, 0.15) is 10.6 Å². The van der Waals surface area contributed by atoms with Crippen LogP contribution in [-0.2, 0) is 20.2 Å². The van der Waals surface area contributed by atoms with E-state index in [-0.39, 0.29) is 4.90 Å². The van der Waals surface area contributed by atoms with Gasteiger partial charge in [-0.15, -0.1) is 0 Å². The predicted octanol–water partition coefficient (Wildman–Crippen LogP) is -0.0279. The Morgan fingerprint density at radius 2 is 1.68 bits per heavy atom. The molecule has 0 aliphatic heterocycles. The summed E-state index contributed by atoms with van der Waals surface area (Å²) in [5, 5.41) is 0. The van der Waals surface area contributed by atoms with Crippen LogP contribution in [0.5, 0.6) is 0 Å². The standard InChI is InChI=1S/C12H14N2O6S2/c13-12(14)5-4-9(7-11(12)22(18,19)20)8-2-1-3-10(6-8)21(15,16)17/h1-7,9H,13-14H2,(H,15,16,17)(H,18,19,20). The Bertz CT molecular complexity index is 869. The third-order valence-electron chi connectivity index (χ3n) is 3.16. The molecule has 0 spiro atoms. The smallest absolute Gasteiger partial charge is 0.294 e. The Hall–Kier alpha value is -1.56. The van der Waals surface area contributed by atoms with Crippen LogP contribution in [0.4, 0.5) is 0 Å². The van der Waals surface area contributed by atoms with Crippen molar-refractivity contribution in [1.29, 1.82) is 0 Å². The van der Waals surface area contributed by atoms with Crippen LogP contribution in [0.15, 0.2) is 52.3 Å². The van der Waals surface area contributed by atoms with Crippen LogP contribution in [0.25, 0.3) is 0 Å². The minimum atomic E-state index is -4.62. The third-order valence-corrected chi connectivity index (χ3v) is 5.05. The highest BCUT2D eigenvalue weighted by Gasteiger charge is 2.35. The van der Waals surface area contributed by atoms with Gasteiger partial charge >= 0.3 is 0 Å². The topological polar surface area (TPSA) is 161 Å². The van der Waals surface area contributed by atoms with Gasteiger partial charge < -0.3 is 11.5 Å². The van der Waals surface area contributed by atoms with Gasteiger partial charge in [0.2, 0.25) is 0 Å². The quantitative estimate of drug-likeness (QED) is 0.337. The van der Waals surface area contributed by atoms with E-state index < -0.39 is 36.7 Å². The van der Waals surface area contributed by atoms with Crippen molar-refractivity contribution in [3.8, 4) is 0 Å². The highest BCUT2D eigenvalue weighted by molar-refractivity contribution is 7.90. The summed E-state index contributed by atoms with van der Waals surface area (Å²) in [5.74, 6) is -0.682. The summed E-state index contributed by atoms with van der Waals surface area (Å²) in [7, 11) is -9.01. The van der Waals surface area contributed by atoms with E-state index in [4.69, 9.17) is 16.0 Å². The van der Waals surface area contributed by atoms with Gasteiger partial charge in [-0.2, -0.15) is 16.8 Å². The van der Waals surface area contributed by atoms with Crippen molar-refractivity contribution in [2.24, 2.45) is 11.5 Å². The number of nitrogens with two attached hydrogens (primary N) is 2. The molecule has 120 valence electrons. The van der Waals surface area contributed by atoms with Crippen LogP contribution in [0.1, 0.15) is 11.5 Å². The lowest BCUT2D eigenvalue weighted by Gasteiger charge is -2.27. The summed E-state index contributed by atoms with van der Waals surface area (Å²) in [5.41, 5.74) is 9.71. The van der Waals surface area contributed by atoms with Crippen molar-refractivity contribution in [2.75, 3.05) is 0 Å². The normalized spacial score (nSPS) is 21.5. The van der Waals surface area contributed by atoms with Gasteiger partial charge in [-0.1, -0.05) is 24.3 Å². The van der Waals surface area contributed by atoms with Gasteiger partial charge in [0.25, 0.3) is 20.2 Å². The van der Waals surface area contributed by atoms with E-state index >= 15 is 0 Å². The zero-order valence-electron chi connectivity index (χ0n) is 11.1. The molecule has 0 fully saturated rings. The SMILES string of the molecule is NC1(N)C=CC(c2cccc(S(=O)(=O)O)c2)C=C1S(=O)(=O)O. The number of hydrogen-bond donors (Lipinski definition) is 4. The zero-order valence-corrected chi connectivity index (χ0v) is 12.8. The van der Waals surface area contributed by atoms with Gasteiger partial charge in [0, 0.05) is 5.92 Å². The van der Waals surface area contributed by atoms with Gasteiger partial charge in [-0.25, -0.2) is 0 Å². The van der Waals surface area contributed by atoms with Gasteiger partial charge in [0.15, 0.2) is 0 Å². The van der Waals surface area contributed by atoms with E-state index in [1.54, 1.807) is 0 Å². The molecule has 0 amide bonds. The first-order valence-corrected chi connectivity index (χ1v) is 8.83. The molecule has 2 rings (SSSR count). The summed E-state index contributed by atoms with van der Waals surface area (Å²) in [6.07, 6.45) is 3.79. The maximum Gasteiger partial charge on any atom is 0.294 e. The largest absolute Gasteiger partial charge is 0.306 e. The average Bonchev–Trinajstić information content (AvgIpc) is 2.36. The van der Waals surface area contributed by atoms with Crippen LogP contribution in [0.3, 0.4) is 0 Å². The summed E-state index contributed by atoms with van der Waals surface area (Å²) in [4.78, 5) is -0.928. The fourth-order valence-corrected chi connectivity index (χ4v) is 3.48. The summed E-state index contributed by atoms with van der Waals surface area (Å²) < 4.78 is 63.2. The summed E-state index contributed by atoms with van der Waals surface area (Å²) in [6, 6.07) is 5.29. The second-order valence-electron chi connectivity index (χ2n) is 4.87. The van der Waals surface area contributed by atoms with E-state index in [2.05, 4.69) is 0 Å². The van der Waals surface area contributed by atoms with Crippen molar-refractivity contribution in [2.45, 2.75) is 16.5 Å². The molecular formula is C12H14N2O6S2. The van der Waals surface area contributed by atoms with Crippen LogP contribution in [-0.4, -0.2) is 31.6 Å². The molecule has 6 N–H and O–H groups in total. The van der Waals surface area contributed by atoms with Crippen molar-refractivity contribution in [1.82, 2.24) is 0 Å². The first kappa shape index (κ1) is 16.8. The average molecular weight is 346 g/mol. The molecule has 0 bridgehead atoms. The van der Waals surface area contributed by atoms with Crippen LogP contribution < -0.4 is 11.5 Å². The van der Waals surface area contributed by atoms with Crippen molar-refractivity contribution < 1.29 is 25.9 Å². The first-order valence-electron chi connectivity index (χ1n) is 5.95. The lowest BCUT2D eigenvalue weighted by atomic mass is 9.91. The molecule has 1 aliphatic carbocycles. The fraction of sp³-hybridized carbons (Fsp3) is 0.167. The lowest BCUT2D eigenvalue weighted by Crippen LogP contribution is -2.52. The zero-order chi connectivity index (χ0) is 16.8. The molecule has 0 radical (unpaired) electrons. The Kier molecular flexibility index (Phi) is 4.02. The molecule has 8 nitrogen and oxygen atoms in total. The third kappa shape index (κ3) is 3.43. The minimum Gasteiger partial charge on any atom is -0.306 e. The molecule has 22 heavy (non-hydrogen) atoms. The van der Waals surface area contributed by atoms with Crippen molar-refractivity contribution >= 4 is 20.2 Å². The number of benzene rings is 1. The Balaban J connectivity index is 2.54. The fourth-order valence-electron chi connectivity index (χ4n) is 2.11. The van der Waals surface area contributed by atoms with Gasteiger partial charge in [0.05, 0.1) is 4.90 Å². The first-order chi connectivity index (χ1) is 9.91. The van der Waals surface area contributed by atoms with Crippen molar-refractivity contribution in [3.05, 3.63) is 53.0 Å². The molecule has 1 aromatic rings. The molecule has 10 heteroatoms. The molecule has 1 aliphatic rings. The Morgan fingerprint density at radius 1 is 1.05 bits per heavy atom. The summed E-state index contributed by atoms with van der Waals surface area (Å²) in [6.45, 7) is 0. The second kappa shape index (κ2) is 5.26. The van der Waals surface area contributed by atoms with Gasteiger partial charge in [-0.3, -0.25) is 9.11 Å². The van der Waals surface area contributed by atoms with Crippen LogP contribution in [0, 0.1) is 0 Å². The van der Waals surface area contributed by atoms with E-state index in [0.29, 0.717) is 5.56 Å². The monoisotopic (exact) mass is 346 g/mol. The van der Waals surface area contributed by atoms with Crippen LogP contribution in [0.2, 0.25) is 0 Å². The number of rotatable bonds is 3. The molecule has 0 saturated heterocycles. The highest BCUT2D eigenvalue weighted by atomic mass is 32.2. The van der Waals surface area contributed by atoms with Gasteiger partial charge in [-0.05, 0) is 23.8 Å². The lowest BCUT2D eigenvalue weighted by molar-refractivity contribution is 0.478. The molecule has 1 aromatic carbocycles. The Morgan fingerprint density at radius 3 is 2.23 bits per heavy atom. The molecule has 1 unspecified atom stereocenters. The maximum atomic E-state index is 11.4. The van der Waals surface area contributed by atoms with Crippen LogP contribution >= 0.6 is 0 Å². The molecule has 1 atom stereocenters. The number of allylic oxidation sites excluding steroid dienone is 2. The van der Waals surface area contributed by atoms with E-state index in [1.165, 1.54) is 36.4 Å². The predicted molar refractivity (Wildman–Crippen MR) is 78.9 cm³/mol. The second-order valence-corrected chi connectivity index (χ2v) is 7.68. The molecule has 0 heterocycles. The van der Waals surface area contributed by atoms with E-state index in [1.807, 2.05) is 0 Å². The Labute approximate surface area is 127 Å². The number of hydrogen-bond acceptors (Lipinski definition) is 6. The van der Waals surface area contributed by atoms with Crippen molar-refractivity contribution in [3.63, 3.8) is 0 Å². The summed E-state index contributed by atoms with van der Waals surface area (Å²) >= 11 is 0. The molecule has 0 saturated carbocycles. The van der Waals surface area contributed by atoms with E-state index in [0.717, 1.165) is 6.08 Å². The highest BCUT2D eigenvalue weighted by Crippen LogP contribution is 2.31. The van der Waals surface area contributed by atoms with E-state index in [9.17, 15) is 21.4 Å².